The molecule has 4 aromatic rings. The SMILES string of the molecule is COc1cc(CO[C@@H]2CC[C@H]2NC(=O)n2cnc3c(N(C)Cc4ccc(OC)cc4OC)cc(Cl)nc32)cc([N+](=O)[O-])c1. The Kier molecular flexibility index (Phi) is 8.83. The van der Waals surface area contributed by atoms with Gasteiger partial charge in [-0.25, -0.2) is 19.3 Å². The van der Waals surface area contributed by atoms with E-state index in [0.29, 0.717) is 52.6 Å². The number of pyridine rings is 1. The molecule has 226 valence electrons. The number of hydrogen-bond donors (Lipinski definition) is 1. The van der Waals surface area contributed by atoms with E-state index in [1.54, 1.807) is 26.4 Å². The van der Waals surface area contributed by atoms with E-state index in [-0.39, 0.29) is 29.6 Å². The van der Waals surface area contributed by atoms with Crippen LogP contribution in [0.2, 0.25) is 5.15 Å². The van der Waals surface area contributed by atoms with E-state index in [1.165, 1.54) is 30.1 Å². The summed E-state index contributed by atoms with van der Waals surface area (Å²) in [5.74, 6) is 1.73. The number of nitro benzene ring substituents is 1. The van der Waals surface area contributed by atoms with Crippen molar-refractivity contribution in [3.8, 4) is 17.2 Å². The number of ether oxygens (including phenoxy) is 4. The third-order valence-corrected chi connectivity index (χ3v) is 7.56. The number of nitrogens with zero attached hydrogens (tertiary/aromatic N) is 5. The van der Waals surface area contributed by atoms with Crippen LogP contribution in [0.15, 0.2) is 48.8 Å². The summed E-state index contributed by atoms with van der Waals surface area (Å²) in [7, 11) is 6.53. The lowest BCUT2D eigenvalue weighted by Crippen LogP contribution is -2.52. The maximum absolute atomic E-state index is 13.3. The van der Waals surface area contributed by atoms with E-state index in [9.17, 15) is 14.9 Å². The van der Waals surface area contributed by atoms with Crippen LogP contribution in [0.1, 0.15) is 24.0 Å². The molecular weight excluding hydrogens is 580 g/mol. The standard InChI is InChI=1S/C29H31ClN6O7/c1-34(14-18-5-6-20(40-2)12-25(18)42-4)23-13-26(30)33-28-27(23)31-16-35(28)29(37)32-22-7-8-24(22)43-15-17-9-19(36(38)39)11-21(10-17)41-3/h5-6,9-13,16,22,24H,7-8,14-15H2,1-4H3,(H,32,37)/t22-,24-/m1/s1. The van der Waals surface area contributed by atoms with Crippen molar-refractivity contribution in [2.75, 3.05) is 33.3 Å². The zero-order chi connectivity index (χ0) is 30.7. The molecule has 1 saturated carbocycles. The first-order valence-electron chi connectivity index (χ1n) is 13.4. The molecule has 14 heteroatoms. The predicted molar refractivity (Wildman–Crippen MR) is 159 cm³/mol. The van der Waals surface area contributed by atoms with Crippen LogP contribution in [0.4, 0.5) is 16.2 Å². The fraction of sp³-hybridized carbons (Fsp3) is 0.345. The van der Waals surface area contributed by atoms with E-state index in [2.05, 4.69) is 15.3 Å². The molecule has 43 heavy (non-hydrogen) atoms. The minimum absolute atomic E-state index is 0.0808. The Morgan fingerprint density at radius 1 is 1.12 bits per heavy atom. The Bertz CT molecular complexity index is 1660. The molecule has 1 fully saturated rings. The van der Waals surface area contributed by atoms with Crippen molar-refractivity contribution in [1.29, 1.82) is 0 Å². The normalized spacial score (nSPS) is 15.9. The van der Waals surface area contributed by atoms with Crippen LogP contribution >= 0.6 is 11.6 Å². The molecule has 5 rings (SSSR count). The topological polar surface area (TPSA) is 143 Å². The van der Waals surface area contributed by atoms with Crippen molar-refractivity contribution < 1.29 is 28.7 Å². The van der Waals surface area contributed by atoms with E-state index < -0.39 is 11.0 Å². The zero-order valence-electron chi connectivity index (χ0n) is 24.1. The minimum atomic E-state index is -0.479. The lowest BCUT2D eigenvalue weighted by Gasteiger charge is -2.36. The summed E-state index contributed by atoms with van der Waals surface area (Å²) in [6.07, 6.45) is 2.60. The summed E-state index contributed by atoms with van der Waals surface area (Å²) < 4.78 is 23.3. The van der Waals surface area contributed by atoms with Gasteiger partial charge in [0.2, 0.25) is 0 Å². The summed E-state index contributed by atoms with van der Waals surface area (Å²) in [5.41, 5.74) is 2.96. The highest BCUT2D eigenvalue weighted by Gasteiger charge is 2.34. The minimum Gasteiger partial charge on any atom is -0.497 e. The van der Waals surface area contributed by atoms with Crippen molar-refractivity contribution in [3.05, 3.63) is 75.2 Å². The number of aromatic nitrogens is 3. The van der Waals surface area contributed by atoms with Crippen molar-refractivity contribution in [3.63, 3.8) is 0 Å². The number of carbonyl (C=O) groups excluding carboxylic acids is 1. The number of non-ortho nitro benzene ring substituents is 1. The zero-order valence-corrected chi connectivity index (χ0v) is 24.8. The van der Waals surface area contributed by atoms with Gasteiger partial charge in [-0.15, -0.1) is 0 Å². The van der Waals surface area contributed by atoms with Gasteiger partial charge in [-0.1, -0.05) is 11.6 Å². The Morgan fingerprint density at radius 2 is 1.91 bits per heavy atom. The third kappa shape index (κ3) is 6.42. The van der Waals surface area contributed by atoms with E-state index >= 15 is 0 Å². The number of nitro groups is 1. The van der Waals surface area contributed by atoms with Crippen molar-refractivity contribution >= 4 is 40.2 Å². The summed E-state index contributed by atoms with van der Waals surface area (Å²) in [6.45, 7) is 0.605. The summed E-state index contributed by atoms with van der Waals surface area (Å²) in [6, 6.07) is 11.1. The second kappa shape index (κ2) is 12.7. The van der Waals surface area contributed by atoms with Gasteiger partial charge in [0, 0.05) is 37.4 Å². The summed E-state index contributed by atoms with van der Waals surface area (Å²) in [5, 5.41) is 14.4. The molecular formula is C29H31ClN6O7. The Balaban J connectivity index is 1.28. The van der Waals surface area contributed by atoms with Crippen LogP contribution in [0.3, 0.4) is 0 Å². The molecule has 2 aromatic carbocycles. The molecule has 0 spiro atoms. The largest absolute Gasteiger partial charge is 0.497 e. The van der Waals surface area contributed by atoms with Gasteiger partial charge < -0.3 is 29.2 Å². The second-order valence-corrected chi connectivity index (χ2v) is 10.5. The van der Waals surface area contributed by atoms with Crippen LogP contribution in [0.5, 0.6) is 17.2 Å². The molecule has 1 aliphatic carbocycles. The van der Waals surface area contributed by atoms with Gasteiger partial charge in [0.1, 0.15) is 34.2 Å². The monoisotopic (exact) mass is 610 g/mol. The van der Waals surface area contributed by atoms with E-state index in [0.717, 1.165) is 12.0 Å². The number of anilines is 1. The van der Waals surface area contributed by atoms with Crippen LogP contribution in [-0.4, -0.2) is 66.0 Å². The van der Waals surface area contributed by atoms with Gasteiger partial charge in [-0.05, 0) is 36.6 Å². The molecule has 1 N–H and O–H groups in total. The summed E-state index contributed by atoms with van der Waals surface area (Å²) >= 11 is 6.40. The Hall–Kier alpha value is -4.62. The van der Waals surface area contributed by atoms with Gasteiger partial charge in [0.05, 0.1) is 56.8 Å². The number of rotatable bonds is 11. The molecule has 0 aliphatic heterocycles. The average Bonchev–Trinajstić information content (AvgIpc) is 3.42. The molecule has 0 saturated heterocycles. The van der Waals surface area contributed by atoms with Gasteiger partial charge in [-0.2, -0.15) is 0 Å². The van der Waals surface area contributed by atoms with Crippen LogP contribution in [0.25, 0.3) is 11.2 Å². The molecule has 0 radical (unpaired) electrons. The fourth-order valence-corrected chi connectivity index (χ4v) is 5.11. The second-order valence-electron chi connectivity index (χ2n) is 10.1. The van der Waals surface area contributed by atoms with E-state index in [1.807, 2.05) is 30.1 Å². The van der Waals surface area contributed by atoms with Gasteiger partial charge in [0.25, 0.3) is 5.69 Å². The Morgan fingerprint density at radius 3 is 2.58 bits per heavy atom. The molecule has 0 bridgehead atoms. The number of fused-ring (bicyclic) bond motifs is 1. The molecule has 1 aliphatic rings. The lowest BCUT2D eigenvalue weighted by atomic mass is 9.89. The Labute approximate surface area is 252 Å². The highest BCUT2D eigenvalue weighted by atomic mass is 35.5. The number of methoxy groups -OCH3 is 3. The number of carbonyl (C=O) groups is 1. The molecule has 0 unspecified atom stereocenters. The number of benzene rings is 2. The number of nitrogens with one attached hydrogen (secondary N) is 1. The van der Waals surface area contributed by atoms with Gasteiger partial charge >= 0.3 is 6.03 Å². The number of imidazole rings is 1. The smallest absolute Gasteiger partial charge is 0.328 e. The number of amides is 1. The first-order valence-corrected chi connectivity index (χ1v) is 13.8. The molecule has 2 atom stereocenters. The molecule has 2 heterocycles. The number of halogens is 1. The van der Waals surface area contributed by atoms with Gasteiger partial charge in [0.15, 0.2) is 5.65 Å². The average molecular weight is 611 g/mol. The van der Waals surface area contributed by atoms with Crippen LogP contribution in [0, 0.1) is 10.1 Å². The highest BCUT2D eigenvalue weighted by Crippen LogP contribution is 2.32. The van der Waals surface area contributed by atoms with Crippen molar-refractivity contribution in [1.82, 2.24) is 19.9 Å². The predicted octanol–water partition coefficient (Wildman–Crippen LogP) is 4.96. The van der Waals surface area contributed by atoms with Crippen LogP contribution < -0.4 is 24.4 Å². The quantitative estimate of drug-likeness (QED) is 0.141. The summed E-state index contributed by atoms with van der Waals surface area (Å²) in [4.78, 5) is 34.9. The highest BCUT2D eigenvalue weighted by molar-refractivity contribution is 6.30. The van der Waals surface area contributed by atoms with Gasteiger partial charge in [-0.3, -0.25) is 10.1 Å². The maximum atomic E-state index is 13.3. The van der Waals surface area contributed by atoms with Crippen molar-refractivity contribution in [2.24, 2.45) is 0 Å². The van der Waals surface area contributed by atoms with Crippen molar-refractivity contribution in [2.45, 2.75) is 38.1 Å². The first-order chi connectivity index (χ1) is 20.7. The number of hydrogen-bond acceptors (Lipinski definition) is 10. The third-order valence-electron chi connectivity index (χ3n) is 7.37. The molecule has 1 amide bonds. The van der Waals surface area contributed by atoms with E-state index in [4.69, 9.17) is 30.5 Å². The fourth-order valence-electron chi connectivity index (χ4n) is 4.92. The first kappa shape index (κ1) is 29.9. The maximum Gasteiger partial charge on any atom is 0.328 e. The molecule has 2 aromatic heterocycles. The lowest BCUT2D eigenvalue weighted by molar-refractivity contribution is -0.385. The molecule has 13 nitrogen and oxygen atoms in total. The van der Waals surface area contributed by atoms with Crippen LogP contribution in [-0.2, 0) is 17.9 Å².